The second-order valence-electron chi connectivity index (χ2n) is 6.20. The highest BCUT2D eigenvalue weighted by Crippen LogP contribution is 2.43. The van der Waals surface area contributed by atoms with Crippen LogP contribution in [0.15, 0.2) is 0 Å². The molecule has 1 atom stereocenters. The van der Waals surface area contributed by atoms with Crippen molar-refractivity contribution in [1.29, 1.82) is 0 Å². The van der Waals surface area contributed by atoms with Crippen molar-refractivity contribution >= 4 is 5.91 Å². The number of rotatable bonds is 2. The van der Waals surface area contributed by atoms with E-state index in [0.29, 0.717) is 5.91 Å². The largest absolute Gasteiger partial charge is 0.345 e. The van der Waals surface area contributed by atoms with Crippen LogP contribution in [-0.2, 0) is 4.79 Å². The van der Waals surface area contributed by atoms with Gasteiger partial charge in [-0.1, -0.05) is 27.7 Å². The summed E-state index contributed by atoms with van der Waals surface area (Å²) in [5.74, 6) is 0.367. The molecule has 1 fully saturated rings. The molecule has 0 radical (unpaired) electrons. The van der Waals surface area contributed by atoms with Gasteiger partial charge in [-0.15, -0.1) is 0 Å². The first-order valence-electron chi connectivity index (χ1n) is 6.06. The van der Waals surface area contributed by atoms with Gasteiger partial charge in [0.15, 0.2) is 0 Å². The molecule has 0 aliphatic carbocycles. The highest BCUT2D eigenvalue weighted by atomic mass is 16.2. The predicted molar refractivity (Wildman–Crippen MR) is 63.7 cm³/mol. The first-order valence-corrected chi connectivity index (χ1v) is 6.06. The standard InChI is InChI=1S/C13H25NO/c1-6-13(10-12(2,3)4)8-7-9-14(5)11(13)15/h6-10H2,1-5H3/t13-/m1/s1. The molecule has 0 aromatic carbocycles. The molecule has 0 spiro atoms. The maximum atomic E-state index is 12.3. The molecule has 0 aromatic heterocycles. The molecule has 1 aliphatic heterocycles. The molecule has 0 unspecified atom stereocenters. The van der Waals surface area contributed by atoms with E-state index in [4.69, 9.17) is 0 Å². The molecule has 1 aliphatic rings. The predicted octanol–water partition coefficient (Wildman–Crippen LogP) is 3.07. The third kappa shape index (κ3) is 2.73. The quantitative estimate of drug-likeness (QED) is 0.687. The number of piperidine rings is 1. The van der Waals surface area contributed by atoms with Crippen molar-refractivity contribution in [3.8, 4) is 0 Å². The Morgan fingerprint density at radius 2 is 2.00 bits per heavy atom. The van der Waals surface area contributed by atoms with Crippen molar-refractivity contribution in [3.63, 3.8) is 0 Å². The van der Waals surface area contributed by atoms with Gasteiger partial charge in [0.2, 0.25) is 5.91 Å². The fourth-order valence-electron chi connectivity index (χ4n) is 2.90. The van der Waals surface area contributed by atoms with E-state index in [2.05, 4.69) is 27.7 Å². The minimum Gasteiger partial charge on any atom is -0.345 e. The molecular weight excluding hydrogens is 186 g/mol. The van der Waals surface area contributed by atoms with E-state index in [1.165, 1.54) is 0 Å². The van der Waals surface area contributed by atoms with Gasteiger partial charge in [-0.25, -0.2) is 0 Å². The van der Waals surface area contributed by atoms with Gasteiger partial charge in [0.1, 0.15) is 0 Å². The van der Waals surface area contributed by atoms with Gasteiger partial charge >= 0.3 is 0 Å². The molecule has 1 amide bonds. The van der Waals surface area contributed by atoms with Crippen LogP contribution in [0, 0.1) is 10.8 Å². The van der Waals surface area contributed by atoms with Crippen LogP contribution in [0.25, 0.3) is 0 Å². The fraction of sp³-hybridized carbons (Fsp3) is 0.923. The Labute approximate surface area is 94.0 Å². The normalized spacial score (nSPS) is 28.3. The van der Waals surface area contributed by atoms with Crippen LogP contribution < -0.4 is 0 Å². The summed E-state index contributed by atoms with van der Waals surface area (Å²) in [5, 5.41) is 0. The van der Waals surface area contributed by atoms with Gasteiger partial charge in [0.25, 0.3) is 0 Å². The maximum absolute atomic E-state index is 12.3. The van der Waals surface area contributed by atoms with Crippen molar-refractivity contribution in [3.05, 3.63) is 0 Å². The monoisotopic (exact) mass is 211 g/mol. The molecule has 88 valence electrons. The summed E-state index contributed by atoms with van der Waals surface area (Å²) in [7, 11) is 1.94. The number of carbonyl (C=O) groups is 1. The number of carbonyl (C=O) groups excluding carboxylic acids is 1. The number of likely N-dealkylation sites (tertiary alicyclic amines) is 1. The number of hydrogen-bond acceptors (Lipinski definition) is 1. The molecule has 15 heavy (non-hydrogen) atoms. The molecule has 1 saturated heterocycles. The van der Waals surface area contributed by atoms with Crippen LogP contribution >= 0.6 is 0 Å². The van der Waals surface area contributed by atoms with Gasteiger partial charge in [-0.3, -0.25) is 4.79 Å². The van der Waals surface area contributed by atoms with Crippen molar-refractivity contribution in [2.45, 2.75) is 53.4 Å². The lowest BCUT2D eigenvalue weighted by Gasteiger charge is -2.43. The third-order valence-corrected chi connectivity index (χ3v) is 3.49. The number of hydrogen-bond donors (Lipinski definition) is 0. The summed E-state index contributed by atoms with van der Waals surface area (Å²) in [6.07, 6.45) is 4.23. The van der Waals surface area contributed by atoms with Crippen molar-refractivity contribution in [2.75, 3.05) is 13.6 Å². The first-order chi connectivity index (χ1) is 6.81. The Morgan fingerprint density at radius 1 is 1.40 bits per heavy atom. The maximum Gasteiger partial charge on any atom is 0.228 e. The summed E-state index contributed by atoms with van der Waals surface area (Å²) in [6.45, 7) is 9.78. The summed E-state index contributed by atoms with van der Waals surface area (Å²) in [5.41, 5.74) is 0.162. The van der Waals surface area contributed by atoms with Gasteiger partial charge in [0, 0.05) is 19.0 Å². The molecule has 0 bridgehead atoms. The lowest BCUT2D eigenvalue weighted by Crippen LogP contribution is -2.48. The number of nitrogens with zero attached hydrogens (tertiary/aromatic N) is 1. The molecule has 2 nitrogen and oxygen atoms in total. The lowest BCUT2D eigenvalue weighted by atomic mass is 9.67. The average molecular weight is 211 g/mol. The molecule has 1 heterocycles. The molecule has 2 heteroatoms. The topological polar surface area (TPSA) is 20.3 Å². The van der Waals surface area contributed by atoms with E-state index >= 15 is 0 Å². The molecule has 0 aromatic rings. The van der Waals surface area contributed by atoms with Gasteiger partial charge in [-0.05, 0) is 31.1 Å². The summed E-state index contributed by atoms with van der Waals surface area (Å²) < 4.78 is 0. The zero-order valence-electron chi connectivity index (χ0n) is 10.9. The van der Waals surface area contributed by atoms with Gasteiger partial charge < -0.3 is 4.90 Å². The zero-order valence-corrected chi connectivity index (χ0v) is 10.9. The van der Waals surface area contributed by atoms with Gasteiger partial charge in [0.05, 0.1) is 0 Å². The van der Waals surface area contributed by atoms with Crippen LogP contribution in [-0.4, -0.2) is 24.4 Å². The lowest BCUT2D eigenvalue weighted by molar-refractivity contribution is -0.147. The van der Waals surface area contributed by atoms with Crippen molar-refractivity contribution in [2.24, 2.45) is 10.8 Å². The van der Waals surface area contributed by atoms with E-state index in [1.54, 1.807) is 0 Å². The Hall–Kier alpha value is -0.530. The third-order valence-electron chi connectivity index (χ3n) is 3.49. The first kappa shape index (κ1) is 12.5. The number of amides is 1. The Kier molecular flexibility index (Phi) is 3.47. The molecule has 0 N–H and O–H groups in total. The Balaban J connectivity index is 2.87. The Morgan fingerprint density at radius 3 is 2.47 bits per heavy atom. The SMILES string of the molecule is CC[C@]1(CC(C)(C)C)CCCN(C)C1=O. The summed E-state index contributed by atoms with van der Waals surface area (Å²) in [6, 6.07) is 0. The highest BCUT2D eigenvalue weighted by molar-refractivity contribution is 5.83. The summed E-state index contributed by atoms with van der Waals surface area (Å²) >= 11 is 0. The van der Waals surface area contributed by atoms with E-state index in [9.17, 15) is 4.79 Å². The van der Waals surface area contributed by atoms with Crippen LogP contribution in [0.5, 0.6) is 0 Å². The van der Waals surface area contributed by atoms with E-state index in [1.807, 2.05) is 11.9 Å². The molecule has 0 saturated carbocycles. The minimum absolute atomic E-state index is 0.0781. The smallest absolute Gasteiger partial charge is 0.228 e. The zero-order chi connectivity index (χ0) is 11.7. The minimum atomic E-state index is -0.0781. The average Bonchev–Trinajstić information content (AvgIpc) is 2.11. The van der Waals surface area contributed by atoms with Crippen LogP contribution in [0.2, 0.25) is 0 Å². The highest BCUT2D eigenvalue weighted by Gasteiger charge is 2.43. The van der Waals surface area contributed by atoms with E-state index < -0.39 is 0 Å². The van der Waals surface area contributed by atoms with Crippen LogP contribution in [0.1, 0.15) is 53.4 Å². The molecule has 1 rings (SSSR count). The van der Waals surface area contributed by atoms with Crippen molar-refractivity contribution < 1.29 is 4.79 Å². The van der Waals surface area contributed by atoms with Crippen LogP contribution in [0.4, 0.5) is 0 Å². The second kappa shape index (κ2) is 4.15. The summed E-state index contributed by atoms with van der Waals surface area (Å²) in [4.78, 5) is 14.2. The van der Waals surface area contributed by atoms with E-state index in [0.717, 1.165) is 32.2 Å². The fourth-order valence-corrected chi connectivity index (χ4v) is 2.90. The Bertz CT molecular complexity index is 241. The van der Waals surface area contributed by atoms with Crippen LogP contribution in [0.3, 0.4) is 0 Å². The van der Waals surface area contributed by atoms with E-state index in [-0.39, 0.29) is 10.8 Å². The molecular formula is C13H25NO. The van der Waals surface area contributed by atoms with Crippen molar-refractivity contribution in [1.82, 2.24) is 4.90 Å². The van der Waals surface area contributed by atoms with Gasteiger partial charge in [-0.2, -0.15) is 0 Å². The second-order valence-corrected chi connectivity index (χ2v) is 6.20.